The first-order valence-electron chi connectivity index (χ1n) is 2.80. The number of hydrogen-bond donors (Lipinski definition) is 0. The molecule has 0 spiro atoms. The van der Waals surface area contributed by atoms with Crippen LogP contribution in [-0.4, -0.2) is 7.28 Å². The molecule has 2 atom stereocenters. The summed E-state index contributed by atoms with van der Waals surface area (Å²) in [6.45, 7) is 4.66. The Labute approximate surface area is 40.2 Å². The molecule has 1 saturated heterocycles. The molecule has 1 fully saturated rings. The Morgan fingerprint density at radius 1 is 1.50 bits per heavy atom. The normalized spacial score (nSPS) is 43.7. The van der Waals surface area contributed by atoms with Crippen LogP contribution >= 0.6 is 0 Å². The van der Waals surface area contributed by atoms with Crippen LogP contribution in [0.2, 0.25) is 12.1 Å². The molecule has 0 saturated carbocycles. The second-order valence-corrected chi connectivity index (χ2v) is 2.53. The first-order chi connectivity index (χ1) is 2.80. The summed E-state index contributed by atoms with van der Waals surface area (Å²) < 4.78 is 0. The van der Waals surface area contributed by atoms with E-state index in [1.165, 1.54) is 13.6 Å². The molecule has 0 amide bonds. The highest BCUT2D eigenvalue weighted by molar-refractivity contribution is 6.41. The molecule has 1 rings (SSSR count). The minimum absolute atomic E-state index is 1.03. The van der Waals surface area contributed by atoms with Crippen molar-refractivity contribution in [3.63, 3.8) is 0 Å². The van der Waals surface area contributed by atoms with Crippen LogP contribution in [0.5, 0.6) is 0 Å². The summed E-state index contributed by atoms with van der Waals surface area (Å²) in [6, 6.07) is 0. The molecule has 0 N–H and O–H groups in total. The van der Waals surface area contributed by atoms with E-state index in [2.05, 4.69) is 13.8 Å². The van der Waals surface area contributed by atoms with Crippen molar-refractivity contribution in [2.45, 2.75) is 26.0 Å². The van der Waals surface area contributed by atoms with Gasteiger partial charge in [-0.3, -0.25) is 0 Å². The molecule has 0 radical (unpaired) electrons. The van der Waals surface area contributed by atoms with Crippen LogP contribution in [0.1, 0.15) is 13.8 Å². The third-order valence-corrected chi connectivity index (χ3v) is 2.05. The largest absolute Gasteiger partial charge is 0.124 e. The van der Waals surface area contributed by atoms with Gasteiger partial charge in [0.2, 0.25) is 0 Å². The van der Waals surface area contributed by atoms with Gasteiger partial charge >= 0.3 is 0 Å². The molecule has 2 unspecified atom stereocenters. The Hall–Kier alpha value is 0.0649. The summed E-state index contributed by atoms with van der Waals surface area (Å²) in [5.74, 6) is 2.06. The van der Waals surface area contributed by atoms with Crippen LogP contribution in [0.4, 0.5) is 0 Å². The molecule has 0 aromatic rings. The molecular weight excluding hydrogens is 70.9 g/mol. The lowest BCUT2D eigenvalue weighted by Crippen LogP contribution is -2.22. The van der Waals surface area contributed by atoms with Gasteiger partial charge in [0, 0.05) is 0 Å². The summed E-state index contributed by atoms with van der Waals surface area (Å²) in [6.07, 6.45) is 1.47. The standard InChI is InChI=1S/C5H11B/c1-4-3-6-5(4)2/h4-6H,3H2,1-2H3. The quantitative estimate of drug-likeness (QED) is 0.386. The lowest BCUT2D eigenvalue weighted by molar-refractivity contribution is 0.555. The molecule has 6 heavy (non-hydrogen) atoms. The second-order valence-electron chi connectivity index (χ2n) is 2.53. The van der Waals surface area contributed by atoms with Crippen LogP contribution in [0, 0.1) is 5.92 Å². The van der Waals surface area contributed by atoms with Crippen molar-refractivity contribution in [3.05, 3.63) is 0 Å². The fraction of sp³-hybridized carbons (Fsp3) is 1.00. The van der Waals surface area contributed by atoms with Crippen LogP contribution in [0.25, 0.3) is 0 Å². The SMILES string of the molecule is CC1BCC1C. The Kier molecular flexibility index (Phi) is 0.907. The predicted octanol–water partition coefficient (Wildman–Crippen LogP) is 1.30. The molecule has 1 aliphatic heterocycles. The van der Waals surface area contributed by atoms with E-state index in [1.807, 2.05) is 0 Å². The van der Waals surface area contributed by atoms with Gasteiger partial charge in [0.15, 0.2) is 0 Å². The average molecular weight is 82.0 g/mol. The van der Waals surface area contributed by atoms with Crippen molar-refractivity contribution in [2.24, 2.45) is 5.92 Å². The van der Waals surface area contributed by atoms with E-state index in [-0.39, 0.29) is 0 Å². The molecule has 0 aromatic heterocycles. The summed E-state index contributed by atoms with van der Waals surface area (Å²) >= 11 is 0. The van der Waals surface area contributed by atoms with Crippen molar-refractivity contribution in [1.82, 2.24) is 0 Å². The van der Waals surface area contributed by atoms with Crippen molar-refractivity contribution >= 4 is 7.28 Å². The first-order valence-corrected chi connectivity index (χ1v) is 2.80. The van der Waals surface area contributed by atoms with Crippen molar-refractivity contribution in [3.8, 4) is 0 Å². The molecule has 1 heteroatoms. The highest BCUT2D eigenvalue weighted by atomic mass is 14.1. The zero-order chi connectivity index (χ0) is 4.57. The van der Waals surface area contributed by atoms with E-state index in [0.717, 1.165) is 11.7 Å². The third-order valence-electron chi connectivity index (χ3n) is 2.05. The van der Waals surface area contributed by atoms with Gasteiger partial charge in [0.1, 0.15) is 7.28 Å². The maximum atomic E-state index is 2.33. The van der Waals surface area contributed by atoms with E-state index < -0.39 is 0 Å². The van der Waals surface area contributed by atoms with Gasteiger partial charge in [-0.25, -0.2) is 0 Å². The van der Waals surface area contributed by atoms with E-state index in [9.17, 15) is 0 Å². The van der Waals surface area contributed by atoms with Gasteiger partial charge < -0.3 is 0 Å². The van der Waals surface area contributed by atoms with Gasteiger partial charge in [0.05, 0.1) is 0 Å². The maximum Gasteiger partial charge on any atom is 0.124 e. The van der Waals surface area contributed by atoms with Crippen molar-refractivity contribution < 1.29 is 0 Å². The molecule has 34 valence electrons. The maximum absolute atomic E-state index is 2.33. The number of rotatable bonds is 0. The van der Waals surface area contributed by atoms with Gasteiger partial charge in [-0.15, -0.1) is 0 Å². The molecule has 0 bridgehead atoms. The Balaban J connectivity index is 2.20. The van der Waals surface area contributed by atoms with Gasteiger partial charge in [0.25, 0.3) is 0 Å². The minimum atomic E-state index is 1.03. The molecule has 0 aliphatic carbocycles. The number of hydrogen-bond acceptors (Lipinski definition) is 0. The molecule has 1 aliphatic rings. The fourth-order valence-corrected chi connectivity index (χ4v) is 0.833. The summed E-state index contributed by atoms with van der Waals surface area (Å²) in [7, 11) is 1.47. The molecule has 0 nitrogen and oxygen atoms in total. The van der Waals surface area contributed by atoms with Gasteiger partial charge in [-0.05, 0) is 0 Å². The minimum Gasteiger partial charge on any atom is -0.0750 e. The smallest absolute Gasteiger partial charge is 0.0750 e. The Morgan fingerprint density at radius 3 is 2.00 bits per heavy atom. The molecular formula is C5H11B. The van der Waals surface area contributed by atoms with Gasteiger partial charge in [-0.2, -0.15) is 0 Å². The zero-order valence-corrected chi connectivity index (χ0v) is 4.57. The Morgan fingerprint density at radius 2 is 2.00 bits per heavy atom. The summed E-state index contributed by atoms with van der Waals surface area (Å²) in [5.41, 5.74) is 0. The summed E-state index contributed by atoms with van der Waals surface area (Å²) in [4.78, 5) is 0. The van der Waals surface area contributed by atoms with E-state index in [1.54, 1.807) is 0 Å². The van der Waals surface area contributed by atoms with E-state index in [0.29, 0.717) is 0 Å². The zero-order valence-electron chi connectivity index (χ0n) is 4.57. The first kappa shape index (κ1) is 4.23. The van der Waals surface area contributed by atoms with E-state index >= 15 is 0 Å². The average Bonchev–Trinajstić information content (AvgIpc) is 1.61. The second kappa shape index (κ2) is 1.29. The monoisotopic (exact) mass is 82.1 g/mol. The van der Waals surface area contributed by atoms with Crippen molar-refractivity contribution in [1.29, 1.82) is 0 Å². The van der Waals surface area contributed by atoms with Crippen molar-refractivity contribution in [2.75, 3.05) is 0 Å². The van der Waals surface area contributed by atoms with Crippen LogP contribution in [-0.2, 0) is 0 Å². The molecule has 1 heterocycles. The van der Waals surface area contributed by atoms with E-state index in [4.69, 9.17) is 0 Å². The fourth-order valence-electron chi connectivity index (χ4n) is 0.833. The predicted molar refractivity (Wildman–Crippen MR) is 30.5 cm³/mol. The lowest BCUT2D eigenvalue weighted by atomic mass is 9.44. The summed E-state index contributed by atoms with van der Waals surface area (Å²) in [5, 5.41) is 0. The highest BCUT2D eigenvalue weighted by Crippen LogP contribution is 2.31. The van der Waals surface area contributed by atoms with Gasteiger partial charge in [-0.1, -0.05) is 31.9 Å². The van der Waals surface area contributed by atoms with Crippen LogP contribution in [0.15, 0.2) is 0 Å². The van der Waals surface area contributed by atoms with Crippen LogP contribution < -0.4 is 0 Å². The third kappa shape index (κ3) is 0.465. The van der Waals surface area contributed by atoms with Crippen LogP contribution in [0.3, 0.4) is 0 Å². The topological polar surface area (TPSA) is 0 Å². The molecule has 0 aromatic carbocycles. The highest BCUT2D eigenvalue weighted by Gasteiger charge is 2.22. The lowest BCUT2D eigenvalue weighted by Gasteiger charge is -2.28. The Bertz CT molecular complexity index is 43.9.